The van der Waals surface area contributed by atoms with Crippen molar-refractivity contribution in [1.29, 1.82) is 0 Å². The summed E-state index contributed by atoms with van der Waals surface area (Å²) in [5.41, 5.74) is 8.50. The molecule has 14 heavy (non-hydrogen) atoms. The summed E-state index contributed by atoms with van der Waals surface area (Å²) in [6, 6.07) is 8.47. The van der Waals surface area contributed by atoms with Crippen LogP contribution in [0.25, 0.3) is 0 Å². The lowest BCUT2D eigenvalue weighted by atomic mass is 10.0. The van der Waals surface area contributed by atoms with E-state index in [-0.39, 0.29) is 12.6 Å². The molecule has 76 valence electrons. The van der Waals surface area contributed by atoms with Gasteiger partial charge in [0.1, 0.15) is 0 Å². The number of hydrogen-bond donors (Lipinski definition) is 2. The number of aliphatic hydroxyl groups is 1. The zero-order valence-electron chi connectivity index (χ0n) is 8.32. The molecule has 1 aromatic carbocycles. The van der Waals surface area contributed by atoms with Crippen molar-refractivity contribution < 1.29 is 5.11 Å². The smallest absolute Gasteiger partial charge is 0.0449 e. The topological polar surface area (TPSA) is 46.2 Å². The number of benzene rings is 1. The predicted molar refractivity (Wildman–Crippen MR) is 57.0 cm³/mol. The number of aliphatic hydroxyl groups excluding tert-OH is 1. The normalized spacial score (nSPS) is 18.1. The van der Waals surface area contributed by atoms with Crippen LogP contribution >= 0.6 is 0 Å². The lowest BCUT2D eigenvalue weighted by Crippen LogP contribution is -2.11. The van der Waals surface area contributed by atoms with Crippen LogP contribution in [0.4, 0.5) is 0 Å². The van der Waals surface area contributed by atoms with Gasteiger partial charge < -0.3 is 10.8 Å². The van der Waals surface area contributed by atoms with Crippen LogP contribution in [0.2, 0.25) is 0 Å². The maximum Gasteiger partial charge on any atom is 0.0449 e. The number of rotatable bonds is 4. The molecule has 0 radical (unpaired) electrons. The van der Waals surface area contributed by atoms with Crippen molar-refractivity contribution in [3.8, 4) is 0 Å². The molecule has 0 aliphatic heterocycles. The highest BCUT2D eigenvalue weighted by molar-refractivity contribution is 5.30. The van der Waals surface area contributed by atoms with Crippen LogP contribution in [0.3, 0.4) is 0 Å². The molecule has 2 heteroatoms. The van der Waals surface area contributed by atoms with Crippen molar-refractivity contribution in [3.63, 3.8) is 0 Å². The van der Waals surface area contributed by atoms with Crippen molar-refractivity contribution in [2.24, 2.45) is 5.73 Å². The third kappa shape index (κ3) is 2.14. The Morgan fingerprint density at radius 2 is 2.21 bits per heavy atom. The molecule has 0 amide bonds. The summed E-state index contributed by atoms with van der Waals surface area (Å²) in [6.45, 7) is 0.162. The van der Waals surface area contributed by atoms with Crippen LogP contribution in [0.1, 0.15) is 42.3 Å². The van der Waals surface area contributed by atoms with Gasteiger partial charge in [0.2, 0.25) is 0 Å². The molecule has 0 bridgehead atoms. The second-order valence-corrected chi connectivity index (χ2v) is 4.06. The van der Waals surface area contributed by atoms with Gasteiger partial charge in [0.25, 0.3) is 0 Å². The minimum atomic E-state index is -0.0151. The lowest BCUT2D eigenvalue weighted by Gasteiger charge is -2.11. The first-order chi connectivity index (χ1) is 6.81. The zero-order chi connectivity index (χ0) is 9.97. The van der Waals surface area contributed by atoms with Gasteiger partial charge in [-0.3, -0.25) is 0 Å². The minimum absolute atomic E-state index is 0.0151. The van der Waals surface area contributed by atoms with E-state index in [1.54, 1.807) is 0 Å². The first-order valence-electron chi connectivity index (χ1n) is 5.27. The predicted octanol–water partition coefficient (Wildman–Crippen LogP) is 1.95. The molecule has 0 aromatic heterocycles. The van der Waals surface area contributed by atoms with Crippen molar-refractivity contribution in [2.45, 2.75) is 31.2 Å². The van der Waals surface area contributed by atoms with Crippen molar-refractivity contribution in [3.05, 3.63) is 35.4 Å². The first kappa shape index (κ1) is 9.69. The van der Waals surface area contributed by atoms with Crippen molar-refractivity contribution in [1.82, 2.24) is 0 Å². The van der Waals surface area contributed by atoms with Crippen LogP contribution in [0.15, 0.2) is 24.3 Å². The molecule has 2 rings (SSSR count). The van der Waals surface area contributed by atoms with Crippen LogP contribution < -0.4 is 5.73 Å². The summed E-state index contributed by atoms with van der Waals surface area (Å²) >= 11 is 0. The molecule has 0 heterocycles. The summed E-state index contributed by atoms with van der Waals surface area (Å²) in [5, 5.41) is 8.81. The van der Waals surface area contributed by atoms with Crippen molar-refractivity contribution >= 4 is 0 Å². The zero-order valence-corrected chi connectivity index (χ0v) is 8.32. The summed E-state index contributed by atoms with van der Waals surface area (Å²) in [7, 11) is 0. The Kier molecular flexibility index (Phi) is 2.85. The number of hydrogen-bond acceptors (Lipinski definition) is 2. The molecule has 1 atom stereocenters. The highest BCUT2D eigenvalue weighted by Gasteiger charge is 2.23. The van der Waals surface area contributed by atoms with Gasteiger partial charge in [0.15, 0.2) is 0 Å². The molecule has 1 aliphatic rings. The van der Waals surface area contributed by atoms with Gasteiger partial charge in [-0.05, 0) is 36.3 Å². The van der Waals surface area contributed by atoms with Crippen LogP contribution in [-0.2, 0) is 0 Å². The van der Waals surface area contributed by atoms with E-state index in [0.29, 0.717) is 6.42 Å². The van der Waals surface area contributed by atoms with E-state index in [1.807, 2.05) is 6.07 Å². The average molecular weight is 191 g/mol. The third-order valence-electron chi connectivity index (χ3n) is 2.83. The van der Waals surface area contributed by atoms with E-state index in [9.17, 15) is 0 Å². The summed E-state index contributed by atoms with van der Waals surface area (Å²) < 4.78 is 0. The van der Waals surface area contributed by atoms with Gasteiger partial charge in [-0.1, -0.05) is 24.3 Å². The van der Waals surface area contributed by atoms with Gasteiger partial charge in [0, 0.05) is 12.6 Å². The molecular weight excluding hydrogens is 174 g/mol. The van der Waals surface area contributed by atoms with Crippen LogP contribution in [-0.4, -0.2) is 11.7 Å². The van der Waals surface area contributed by atoms with Crippen molar-refractivity contribution in [2.75, 3.05) is 6.61 Å². The fraction of sp³-hybridized carbons (Fsp3) is 0.500. The molecule has 1 aromatic rings. The Labute approximate surface area is 84.7 Å². The standard InChI is InChI=1S/C12H17NO/c13-12(6-7-14)11-3-1-2-10(8-11)9-4-5-9/h1-3,8-9,12,14H,4-7,13H2. The lowest BCUT2D eigenvalue weighted by molar-refractivity contribution is 0.276. The van der Waals surface area contributed by atoms with E-state index in [4.69, 9.17) is 10.8 Å². The maximum atomic E-state index is 8.81. The Morgan fingerprint density at radius 3 is 2.86 bits per heavy atom. The highest BCUT2D eigenvalue weighted by Crippen LogP contribution is 2.40. The molecule has 3 N–H and O–H groups in total. The quantitative estimate of drug-likeness (QED) is 0.764. The SMILES string of the molecule is NC(CCO)c1cccc(C2CC2)c1. The minimum Gasteiger partial charge on any atom is -0.396 e. The van der Waals surface area contributed by atoms with E-state index >= 15 is 0 Å². The maximum absolute atomic E-state index is 8.81. The molecule has 0 spiro atoms. The van der Waals surface area contributed by atoms with Gasteiger partial charge in [-0.25, -0.2) is 0 Å². The van der Waals surface area contributed by atoms with Crippen LogP contribution in [0.5, 0.6) is 0 Å². The second-order valence-electron chi connectivity index (χ2n) is 4.06. The second kappa shape index (κ2) is 4.11. The van der Waals surface area contributed by atoms with Crippen LogP contribution in [0, 0.1) is 0 Å². The Bertz CT molecular complexity index is 307. The average Bonchev–Trinajstić information content (AvgIpc) is 3.02. The molecular formula is C12H17NO. The fourth-order valence-electron chi connectivity index (χ4n) is 1.77. The van der Waals surface area contributed by atoms with Gasteiger partial charge in [-0.2, -0.15) is 0 Å². The van der Waals surface area contributed by atoms with E-state index in [2.05, 4.69) is 18.2 Å². The summed E-state index contributed by atoms with van der Waals surface area (Å²) in [5.74, 6) is 0.774. The molecule has 1 saturated carbocycles. The highest BCUT2D eigenvalue weighted by atomic mass is 16.3. The monoisotopic (exact) mass is 191 g/mol. The van der Waals surface area contributed by atoms with E-state index in [0.717, 1.165) is 11.5 Å². The molecule has 0 saturated heterocycles. The van der Waals surface area contributed by atoms with E-state index < -0.39 is 0 Å². The summed E-state index contributed by atoms with van der Waals surface area (Å²) in [6.07, 6.45) is 3.28. The largest absolute Gasteiger partial charge is 0.396 e. The Hall–Kier alpha value is -0.860. The van der Waals surface area contributed by atoms with Gasteiger partial charge in [0.05, 0.1) is 0 Å². The Morgan fingerprint density at radius 1 is 1.43 bits per heavy atom. The Balaban J connectivity index is 2.12. The molecule has 2 nitrogen and oxygen atoms in total. The van der Waals surface area contributed by atoms with Gasteiger partial charge in [-0.15, -0.1) is 0 Å². The number of nitrogens with two attached hydrogens (primary N) is 1. The molecule has 1 unspecified atom stereocenters. The first-order valence-corrected chi connectivity index (χ1v) is 5.27. The molecule has 1 fully saturated rings. The van der Waals surface area contributed by atoms with Gasteiger partial charge >= 0.3 is 0 Å². The fourth-order valence-corrected chi connectivity index (χ4v) is 1.77. The molecule has 1 aliphatic carbocycles. The van der Waals surface area contributed by atoms with E-state index in [1.165, 1.54) is 18.4 Å². The third-order valence-corrected chi connectivity index (χ3v) is 2.83. The summed E-state index contributed by atoms with van der Waals surface area (Å²) in [4.78, 5) is 0.